The van der Waals surface area contributed by atoms with Gasteiger partial charge >= 0.3 is 5.91 Å². The number of aliphatic hydroxyl groups excluding tert-OH is 1. The standard InChI is InChI=1S/C34H34N2O6S/c1-6-12-41-25-11-8-21(17-26(25)40-7-2)30-28(31(37)22-9-10-24-23(16-22)15-20(5)42-24)32(38)33(39)36(30)34-35-29-19(4)13-18(3)14-27(29)43-34/h8-11,13-14,16-17,20,30,37H,6-7,12,15H2,1-5H3/b31-28+/t20-,30+/m0/s1. The summed E-state index contributed by atoms with van der Waals surface area (Å²) >= 11 is 1.35. The van der Waals surface area contributed by atoms with Crippen LogP contribution in [0.3, 0.4) is 0 Å². The lowest BCUT2D eigenvalue weighted by Crippen LogP contribution is -2.29. The molecule has 3 aromatic carbocycles. The highest BCUT2D eigenvalue weighted by Crippen LogP contribution is 2.46. The van der Waals surface area contributed by atoms with Gasteiger partial charge in [-0.05, 0) is 92.8 Å². The molecular formula is C34H34N2O6S. The minimum Gasteiger partial charge on any atom is -0.507 e. The third-order valence-corrected chi connectivity index (χ3v) is 8.69. The average molecular weight is 599 g/mol. The van der Waals surface area contributed by atoms with Crippen LogP contribution in [-0.4, -0.2) is 41.1 Å². The van der Waals surface area contributed by atoms with Crippen LogP contribution in [0.15, 0.2) is 54.1 Å². The summed E-state index contributed by atoms with van der Waals surface area (Å²) in [5.41, 5.74) is 4.82. The molecule has 3 heterocycles. The van der Waals surface area contributed by atoms with Crippen LogP contribution in [-0.2, 0) is 16.0 Å². The third kappa shape index (κ3) is 5.12. The lowest BCUT2D eigenvalue weighted by Gasteiger charge is -2.24. The van der Waals surface area contributed by atoms with Gasteiger partial charge in [0.25, 0.3) is 5.78 Å². The highest BCUT2D eigenvalue weighted by atomic mass is 32.1. The highest BCUT2D eigenvalue weighted by molar-refractivity contribution is 7.22. The van der Waals surface area contributed by atoms with Crippen LogP contribution in [0.2, 0.25) is 0 Å². The van der Waals surface area contributed by atoms with E-state index in [2.05, 4.69) is 0 Å². The minimum atomic E-state index is -0.940. The fourth-order valence-electron chi connectivity index (χ4n) is 5.83. The van der Waals surface area contributed by atoms with Crippen LogP contribution in [0.1, 0.15) is 61.1 Å². The summed E-state index contributed by atoms with van der Waals surface area (Å²) in [5, 5.41) is 12.1. The lowest BCUT2D eigenvalue weighted by molar-refractivity contribution is -0.132. The number of benzene rings is 3. The summed E-state index contributed by atoms with van der Waals surface area (Å²) in [4.78, 5) is 33.9. The highest BCUT2D eigenvalue weighted by Gasteiger charge is 2.48. The van der Waals surface area contributed by atoms with Crippen LogP contribution >= 0.6 is 11.3 Å². The Morgan fingerprint density at radius 2 is 1.88 bits per heavy atom. The summed E-state index contributed by atoms with van der Waals surface area (Å²) in [6.07, 6.45) is 1.54. The molecule has 0 bridgehead atoms. The smallest absolute Gasteiger partial charge is 0.301 e. The summed E-state index contributed by atoms with van der Waals surface area (Å²) in [6, 6.07) is 13.8. The van der Waals surface area contributed by atoms with Gasteiger partial charge in [0.1, 0.15) is 17.6 Å². The van der Waals surface area contributed by atoms with Gasteiger partial charge in [-0.3, -0.25) is 14.5 Å². The Balaban J connectivity index is 1.54. The zero-order valence-electron chi connectivity index (χ0n) is 24.9. The van der Waals surface area contributed by atoms with E-state index in [1.165, 1.54) is 16.2 Å². The fourth-order valence-corrected chi connectivity index (χ4v) is 6.99. The molecule has 4 aromatic rings. The van der Waals surface area contributed by atoms with E-state index in [4.69, 9.17) is 19.2 Å². The second-order valence-corrected chi connectivity index (χ2v) is 12.0. The molecule has 222 valence electrons. The van der Waals surface area contributed by atoms with Gasteiger partial charge in [0.05, 0.1) is 35.0 Å². The van der Waals surface area contributed by atoms with Gasteiger partial charge in [0.2, 0.25) is 0 Å². The van der Waals surface area contributed by atoms with Gasteiger partial charge in [-0.1, -0.05) is 30.4 Å². The molecule has 0 spiro atoms. The first-order valence-electron chi connectivity index (χ1n) is 14.6. The number of amides is 1. The molecule has 8 nitrogen and oxygen atoms in total. The van der Waals surface area contributed by atoms with Crippen molar-refractivity contribution in [2.45, 2.75) is 59.6 Å². The number of ketones is 1. The molecule has 0 saturated carbocycles. The maximum Gasteiger partial charge on any atom is 0.301 e. The number of hydrogen-bond acceptors (Lipinski definition) is 8. The zero-order valence-corrected chi connectivity index (χ0v) is 25.7. The molecule has 1 fully saturated rings. The quantitative estimate of drug-likeness (QED) is 0.132. The maximum atomic E-state index is 13.8. The van der Waals surface area contributed by atoms with Gasteiger partial charge in [0, 0.05) is 12.0 Å². The molecule has 6 rings (SSSR count). The van der Waals surface area contributed by atoms with Crippen LogP contribution in [0.25, 0.3) is 16.0 Å². The Morgan fingerprint density at radius 1 is 1.07 bits per heavy atom. The number of aliphatic hydroxyl groups is 1. The van der Waals surface area contributed by atoms with Gasteiger partial charge in [0.15, 0.2) is 16.6 Å². The van der Waals surface area contributed by atoms with Crippen molar-refractivity contribution in [3.05, 3.63) is 81.9 Å². The van der Waals surface area contributed by atoms with Crippen molar-refractivity contribution < 1.29 is 28.9 Å². The third-order valence-electron chi connectivity index (χ3n) is 7.68. The molecule has 1 aromatic heterocycles. The number of anilines is 1. The first kappa shape index (κ1) is 28.7. The van der Waals surface area contributed by atoms with E-state index in [0.717, 1.165) is 39.1 Å². The van der Waals surface area contributed by atoms with E-state index in [0.29, 0.717) is 47.4 Å². The topological polar surface area (TPSA) is 98.2 Å². The van der Waals surface area contributed by atoms with Gasteiger partial charge in [-0.25, -0.2) is 4.98 Å². The monoisotopic (exact) mass is 598 g/mol. The molecule has 43 heavy (non-hydrogen) atoms. The number of thiazole rings is 1. The second-order valence-electron chi connectivity index (χ2n) is 11.0. The van der Waals surface area contributed by atoms with E-state index in [1.807, 2.05) is 58.9 Å². The number of ether oxygens (including phenoxy) is 3. The second kappa shape index (κ2) is 11.4. The van der Waals surface area contributed by atoms with Crippen LogP contribution in [0, 0.1) is 13.8 Å². The van der Waals surface area contributed by atoms with Crippen LogP contribution in [0.5, 0.6) is 17.2 Å². The molecule has 2 aliphatic rings. The number of aryl methyl sites for hydroxylation is 2. The maximum absolute atomic E-state index is 13.8. The summed E-state index contributed by atoms with van der Waals surface area (Å²) in [6.45, 7) is 10.8. The van der Waals surface area contributed by atoms with Crippen molar-refractivity contribution in [3.63, 3.8) is 0 Å². The van der Waals surface area contributed by atoms with Crippen molar-refractivity contribution in [2.75, 3.05) is 18.1 Å². The average Bonchev–Trinajstić information content (AvgIpc) is 3.64. The lowest BCUT2D eigenvalue weighted by atomic mass is 9.94. The number of fused-ring (bicyclic) bond motifs is 2. The van der Waals surface area contributed by atoms with Crippen molar-refractivity contribution in [2.24, 2.45) is 0 Å². The molecule has 1 saturated heterocycles. The molecule has 0 unspecified atom stereocenters. The number of hydrogen-bond donors (Lipinski definition) is 1. The van der Waals surface area contributed by atoms with E-state index < -0.39 is 17.7 Å². The Hall–Kier alpha value is -4.37. The first-order valence-corrected chi connectivity index (χ1v) is 15.4. The first-order chi connectivity index (χ1) is 20.7. The molecular weight excluding hydrogens is 564 g/mol. The van der Waals surface area contributed by atoms with Gasteiger partial charge in [-0.15, -0.1) is 0 Å². The summed E-state index contributed by atoms with van der Waals surface area (Å²) in [5.74, 6) is 0.0592. The number of rotatable bonds is 8. The SMILES string of the molecule is CCCOc1ccc([C@@H]2/C(=C(\O)c3ccc4c(c3)C[C@H](C)O4)C(=O)C(=O)N2c2nc3c(C)cc(C)cc3s2)cc1OCC. The summed E-state index contributed by atoms with van der Waals surface area (Å²) in [7, 11) is 0. The van der Waals surface area contributed by atoms with E-state index >= 15 is 0 Å². The van der Waals surface area contributed by atoms with E-state index in [1.54, 1.807) is 24.3 Å². The normalized spacial score (nSPS) is 19.1. The van der Waals surface area contributed by atoms with Crippen LogP contribution in [0.4, 0.5) is 5.13 Å². The Bertz CT molecular complexity index is 1790. The Kier molecular flexibility index (Phi) is 7.60. The molecule has 2 aliphatic heterocycles. The molecule has 0 radical (unpaired) electrons. The summed E-state index contributed by atoms with van der Waals surface area (Å²) < 4.78 is 18.6. The Labute approximate surface area is 254 Å². The van der Waals surface area contributed by atoms with E-state index in [-0.39, 0.29) is 17.4 Å². The predicted molar refractivity (Wildman–Crippen MR) is 168 cm³/mol. The molecule has 2 atom stereocenters. The molecule has 0 aliphatic carbocycles. The predicted octanol–water partition coefficient (Wildman–Crippen LogP) is 7.05. The number of nitrogens with zero attached hydrogens (tertiary/aromatic N) is 2. The van der Waals surface area contributed by atoms with Crippen molar-refractivity contribution in [1.82, 2.24) is 4.98 Å². The fraction of sp³-hybridized carbons (Fsp3) is 0.324. The number of Topliss-reactive ketones (excluding diaryl/α,β-unsaturated/α-hetero) is 1. The van der Waals surface area contributed by atoms with Gasteiger partial charge < -0.3 is 19.3 Å². The van der Waals surface area contributed by atoms with Crippen molar-refractivity contribution in [1.29, 1.82) is 0 Å². The van der Waals surface area contributed by atoms with Crippen LogP contribution < -0.4 is 19.1 Å². The molecule has 9 heteroatoms. The van der Waals surface area contributed by atoms with Crippen molar-refractivity contribution in [3.8, 4) is 17.2 Å². The molecule has 1 N–H and O–H groups in total. The van der Waals surface area contributed by atoms with E-state index in [9.17, 15) is 14.7 Å². The molecule has 1 amide bonds. The largest absolute Gasteiger partial charge is 0.507 e. The van der Waals surface area contributed by atoms with Crippen molar-refractivity contribution >= 4 is 44.1 Å². The number of carbonyl (C=O) groups is 2. The minimum absolute atomic E-state index is 0.00579. The zero-order chi connectivity index (χ0) is 30.4. The Morgan fingerprint density at radius 3 is 2.65 bits per heavy atom. The number of aromatic nitrogens is 1. The number of carbonyl (C=O) groups excluding carboxylic acids is 2. The van der Waals surface area contributed by atoms with Gasteiger partial charge in [-0.2, -0.15) is 0 Å².